The van der Waals surface area contributed by atoms with Gasteiger partial charge in [-0.05, 0) is 19.8 Å². The molecule has 108 valence electrons. The van der Waals surface area contributed by atoms with E-state index in [2.05, 4.69) is 0 Å². The van der Waals surface area contributed by atoms with Crippen molar-refractivity contribution in [1.82, 2.24) is 0 Å². The number of hydrogen-bond donors (Lipinski definition) is 0. The third kappa shape index (κ3) is 3.15. The lowest BCUT2D eigenvalue weighted by atomic mass is 9.80. The average Bonchev–Trinajstić information content (AvgIpc) is 3.08. The molecule has 0 radical (unpaired) electrons. The highest BCUT2D eigenvalue weighted by atomic mass is 16.7. The van der Waals surface area contributed by atoms with E-state index >= 15 is 0 Å². The van der Waals surface area contributed by atoms with E-state index in [4.69, 9.17) is 14.2 Å². The smallest absolute Gasteiger partial charge is 0.319 e. The molecule has 2 fully saturated rings. The summed E-state index contributed by atoms with van der Waals surface area (Å²) in [6.07, 6.45) is 3.64. The predicted octanol–water partition coefficient (Wildman–Crippen LogP) is 1.83. The molecule has 0 spiro atoms. The summed E-state index contributed by atoms with van der Waals surface area (Å²) in [5.41, 5.74) is -0.894. The Hall–Kier alpha value is -0.940. The minimum atomic E-state index is -0.894. The molecule has 1 saturated carbocycles. The van der Waals surface area contributed by atoms with Crippen LogP contribution in [0.3, 0.4) is 0 Å². The molecule has 0 atom stereocenters. The number of hydrogen-bond acceptors (Lipinski definition) is 5. The van der Waals surface area contributed by atoms with Crippen LogP contribution in [0.15, 0.2) is 0 Å². The number of carbonyl (C=O) groups excluding carboxylic acids is 2. The summed E-state index contributed by atoms with van der Waals surface area (Å²) in [4.78, 5) is 24.5. The maximum atomic E-state index is 12.4. The van der Waals surface area contributed by atoms with Gasteiger partial charge >= 0.3 is 5.97 Å². The van der Waals surface area contributed by atoms with Crippen molar-refractivity contribution in [3.8, 4) is 0 Å². The Morgan fingerprint density at radius 3 is 2.42 bits per heavy atom. The van der Waals surface area contributed by atoms with Crippen LogP contribution in [0.5, 0.6) is 0 Å². The zero-order valence-corrected chi connectivity index (χ0v) is 11.5. The van der Waals surface area contributed by atoms with E-state index in [0.717, 1.165) is 12.8 Å². The zero-order valence-electron chi connectivity index (χ0n) is 11.5. The van der Waals surface area contributed by atoms with Gasteiger partial charge in [0.25, 0.3) is 0 Å². The number of Topliss-reactive ketones (excluding diaryl/α,β-unsaturated/α-hetero) is 1. The molecule has 5 heteroatoms. The minimum Gasteiger partial charge on any atom is -0.465 e. The van der Waals surface area contributed by atoms with E-state index in [1.165, 1.54) is 0 Å². The molecule has 19 heavy (non-hydrogen) atoms. The van der Waals surface area contributed by atoms with E-state index in [0.29, 0.717) is 45.5 Å². The summed E-state index contributed by atoms with van der Waals surface area (Å²) in [6.45, 7) is 3.26. The first-order valence-electron chi connectivity index (χ1n) is 7.13. The van der Waals surface area contributed by atoms with Crippen molar-refractivity contribution in [1.29, 1.82) is 0 Å². The van der Waals surface area contributed by atoms with Gasteiger partial charge in [0.1, 0.15) is 11.2 Å². The third-order valence-corrected chi connectivity index (χ3v) is 3.95. The predicted molar refractivity (Wildman–Crippen MR) is 67.5 cm³/mol. The second-order valence-corrected chi connectivity index (χ2v) is 5.14. The van der Waals surface area contributed by atoms with Crippen LogP contribution < -0.4 is 0 Å². The Kier molecular flexibility index (Phi) is 4.93. The van der Waals surface area contributed by atoms with Gasteiger partial charge < -0.3 is 14.2 Å². The van der Waals surface area contributed by atoms with E-state index in [1.54, 1.807) is 6.92 Å². The molecule has 1 aliphatic heterocycles. The minimum absolute atomic E-state index is 0.0115. The Balaban J connectivity index is 1.93. The Morgan fingerprint density at radius 2 is 1.84 bits per heavy atom. The fourth-order valence-corrected chi connectivity index (χ4v) is 2.91. The Morgan fingerprint density at radius 1 is 1.21 bits per heavy atom. The SMILES string of the molecule is CCOC(=O)C1(C(=O)CCC2OCCO2)CCCC1. The van der Waals surface area contributed by atoms with Crippen LogP contribution >= 0.6 is 0 Å². The van der Waals surface area contributed by atoms with Gasteiger partial charge in [0.05, 0.1) is 19.8 Å². The highest BCUT2D eigenvalue weighted by Gasteiger charge is 2.48. The Labute approximate surface area is 113 Å². The fraction of sp³-hybridized carbons (Fsp3) is 0.857. The second kappa shape index (κ2) is 6.48. The zero-order chi connectivity index (χ0) is 13.7. The molecule has 0 aromatic carbocycles. The van der Waals surface area contributed by atoms with Crippen molar-refractivity contribution in [3.05, 3.63) is 0 Å². The highest BCUT2D eigenvalue weighted by Crippen LogP contribution is 2.41. The first kappa shape index (κ1) is 14.5. The van der Waals surface area contributed by atoms with E-state index in [1.807, 2.05) is 0 Å². The molecule has 0 bridgehead atoms. The Bertz CT molecular complexity index is 327. The summed E-state index contributed by atoms with van der Waals surface area (Å²) in [6, 6.07) is 0. The molecule has 1 aliphatic carbocycles. The number of esters is 1. The van der Waals surface area contributed by atoms with Crippen molar-refractivity contribution >= 4 is 11.8 Å². The van der Waals surface area contributed by atoms with Crippen LogP contribution in [0.4, 0.5) is 0 Å². The molecule has 2 rings (SSSR count). The van der Waals surface area contributed by atoms with Crippen LogP contribution in [0.1, 0.15) is 45.4 Å². The second-order valence-electron chi connectivity index (χ2n) is 5.14. The quantitative estimate of drug-likeness (QED) is 0.544. The first-order chi connectivity index (χ1) is 9.19. The normalized spacial score (nSPS) is 22.6. The van der Waals surface area contributed by atoms with Gasteiger partial charge in [-0.2, -0.15) is 0 Å². The van der Waals surface area contributed by atoms with Gasteiger partial charge in [0.2, 0.25) is 0 Å². The number of ether oxygens (including phenoxy) is 3. The lowest BCUT2D eigenvalue weighted by Crippen LogP contribution is -2.38. The fourth-order valence-electron chi connectivity index (χ4n) is 2.91. The third-order valence-electron chi connectivity index (χ3n) is 3.95. The molecule has 0 N–H and O–H groups in total. The molecule has 0 amide bonds. The highest BCUT2D eigenvalue weighted by molar-refractivity contribution is 6.04. The molecule has 0 aromatic heterocycles. The van der Waals surface area contributed by atoms with Gasteiger partial charge in [-0.3, -0.25) is 9.59 Å². The maximum absolute atomic E-state index is 12.4. The van der Waals surface area contributed by atoms with Gasteiger partial charge in [-0.15, -0.1) is 0 Å². The van der Waals surface area contributed by atoms with Crippen molar-refractivity contribution < 1.29 is 23.8 Å². The van der Waals surface area contributed by atoms with Crippen molar-refractivity contribution in [2.45, 2.75) is 51.7 Å². The monoisotopic (exact) mass is 270 g/mol. The molecular formula is C14H22O5. The molecule has 0 unspecified atom stereocenters. The molecule has 2 aliphatic rings. The lowest BCUT2D eigenvalue weighted by molar-refractivity contribution is -0.160. The molecular weight excluding hydrogens is 248 g/mol. The van der Waals surface area contributed by atoms with Crippen LogP contribution in [-0.2, 0) is 23.8 Å². The summed E-state index contributed by atoms with van der Waals surface area (Å²) in [5.74, 6) is -0.353. The summed E-state index contributed by atoms with van der Waals surface area (Å²) >= 11 is 0. The van der Waals surface area contributed by atoms with Gasteiger partial charge in [0.15, 0.2) is 6.29 Å². The van der Waals surface area contributed by atoms with Gasteiger partial charge in [-0.1, -0.05) is 12.8 Å². The van der Waals surface area contributed by atoms with Gasteiger partial charge in [-0.25, -0.2) is 0 Å². The summed E-state index contributed by atoms with van der Waals surface area (Å²) < 4.78 is 15.7. The van der Waals surface area contributed by atoms with Crippen molar-refractivity contribution in [2.24, 2.45) is 5.41 Å². The van der Waals surface area contributed by atoms with Crippen molar-refractivity contribution in [3.63, 3.8) is 0 Å². The number of ketones is 1. The van der Waals surface area contributed by atoms with Crippen molar-refractivity contribution in [2.75, 3.05) is 19.8 Å². The molecule has 1 saturated heterocycles. The molecule has 1 heterocycles. The van der Waals surface area contributed by atoms with Crippen LogP contribution in [-0.4, -0.2) is 37.9 Å². The molecule has 0 aromatic rings. The maximum Gasteiger partial charge on any atom is 0.319 e. The van der Waals surface area contributed by atoms with E-state index in [-0.39, 0.29) is 18.0 Å². The standard InChI is InChI=1S/C14H22O5/c1-2-17-13(16)14(7-3-4-8-14)11(15)5-6-12-18-9-10-19-12/h12H,2-10H2,1H3. The van der Waals surface area contributed by atoms with Crippen LogP contribution in [0, 0.1) is 5.41 Å². The van der Waals surface area contributed by atoms with E-state index in [9.17, 15) is 9.59 Å². The van der Waals surface area contributed by atoms with Gasteiger partial charge in [0, 0.05) is 12.8 Å². The topological polar surface area (TPSA) is 61.8 Å². The summed E-state index contributed by atoms with van der Waals surface area (Å²) in [7, 11) is 0. The number of carbonyl (C=O) groups is 2. The molecule has 5 nitrogen and oxygen atoms in total. The average molecular weight is 270 g/mol. The lowest BCUT2D eigenvalue weighted by Gasteiger charge is -2.25. The number of rotatable bonds is 6. The van der Waals surface area contributed by atoms with E-state index < -0.39 is 5.41 Å². The largest absolute Gasteiger partial charge is 0.465 e. The van der Waals surface area contributed by atoms with Crippen LogP contribution in [0.2, 0.25) is 0 Å². The first-order valence-corrected chi connectivity index (χ1v) is 7.13. The summed E-state index contributed by atoms with van der Waals surface area (Å²) in [5, 5.41) is 0. The van der Waals surface area contributed by atoms with Crippen LogP contribution in [0.25, 0.3) is 0 Å².